The Morgan fingerprint density at radius 1 is 0.295 bits per heavy atom. The second kappa shape index (κ2) is 65.4. The maximum Gasteiger partial charge on any atom is 0.472 e. The van der Waals surface area contributed by atoms with Crippen molar-refractivity contribution in [2.24, 2.45) is 23.7 Å². The minimum Gasteiger partial charge on any atom is -0.462 e. The second-order valence-electron chi connectivity index (χ2n) is 28.8. The van der Waals surface area contributed by atoms with Gasteiger partial charge in [-0.25, -0.2) is 9.13 Å². The molecule has 0 fully saturated rings. The number of unbranched alkanes of at least 4 members (excludes halogenated alkanes) is 37. The van der Waals surface area contributed by atoms with Crippen LogP contribution in [-0.2, 0) is 65.4 Å². The smallest absolute Gasteiger partial charge is 0.462 e. The molecular formula is C76H148O17P2. The summed E-state index contributed by atoms with van der Waals surface area (Å²) in [6.07, 6.45) is 50.3. The van der Waals surface area contributed by atoms with Crippen molar-refractivity contribution in [3.8, 4) is 0 Å². The number of ether oxygens (including phenoxy) is 4. The van der Waals surface area contributed by atoms with E-state index in [0.29, 0.717) is 37.5 Å². The molecule has 0 saturated heterocycles. The van der Waals surface area contributed by atoms with Gasteiger partial charge < -0.3 is 33.8 Å². The number of phosphoric ester groups is 2. The van der Waals surface area contributed by atoms with E-state index in [0.717, 1.165) is 108 Å². The van der Waals surface area contributed by atoms with Crippen molar-refractivity contribution in [3.63, 3.8) is 0 Å². The van der Waals surface area contributed by atoms with E-state index in [2.05, 4.69) is 55.4 Å². The SMILES string of the molecule is CCC(C)CCCCCCCCCCCCCCCCCCCCC(=O)OC[C@H](COP(=O)(O)OC[C@@H](O)COP(=O)(O)OC[C@@H](COC(=O)CCCCCCCCC(C)C)OC(=O)CCCCCCCCCC(C)C)OC(=O)CCCCCCCCCCCCC(C)CC. The van der Waals surface area contributed by atoms with Gasteiger partial charge in [0.15, 0.2) is 12.2 Å². The molecule has 95 heavy (non-hydrogen) atoms. The number of hydrogen-bond donors (Lipinski definition) is 3. The molecule has 4 unspecified atom stereocenters. The van der Waals surface area contributed by atoms with Crippen LogP contribution in [0, 0.1) is 23.7 Å². The molecule has 0 amide bonds. The Balaban J connectivity index is 5.16. The van der Waals surface area contributed by atoms with Crippen molar-refractivity contribution < 1.29 is 80.2 Å². The van der Waals surface area contributed by atoms with Gasteiger partial charge in [-0.2, -0.15) is 0 Å². The first-order valence-electron chi connectivity index (χ1n) is 39.3. The minimum atomic E-state index is -4.96. The van der Waals surface area contributed by atoms with Gasteiger partial charge in [-0.05, 0) is 49.4 Å². The summed E-state index contributed by atoms with van der Waals surface area (Å²) in [5, 5.41) is 10.6. The molecule has 0 aliphatic rings. The number of hydrogen-bond acceptors (Lipinski definition) is 15. The molecule has 0 rings (SSSR count). The topological polar surface area (TPSA) is 237 Å². The number of aliphatic hydroxyl groups is 1. The molecule has 0 aromatic carbocycles. The number of rotatable bonds is 73. The van der Waals surface area contributed by atoms with Crippen molar-refractivity contribution in [1.82, 2.24) is 0 Å². The van der Waals surface area contributed by atoms with Crippen molar-refractivity contribution in [1.29, 1.82) is 0 Å². The van der Waals surface area contributed by atoms with E-state index in [4.69, 9.17) is 37.0 Å². The summed E-state index contributed by atoms with van der Waals surface area (Å²) < 4.78 is 68.4. The normalized spacial score (nSPS) is 14.7. The van der Waals surface area contributed by atoms with E-state index in [9.17, 15) is 43.2 Å². The molecule has 19 heteroatoms. The quantitative estimate of drug-likeness (QED) is 0.0222. The number of carbonyl (C=O) groups excluding carboxylic acids is 4. The van der Waals surface area contributed by atoms with Gasteiger partial charge in [0.25, 0.3) is 0 Å². The zero-order chi connectivity index (χ0) is 70.3. The van der Waals surface area contributed by atoms with Crippen molar-refractivity contribution >= 4 is 39.5 Å². The third-order valence-corrected chi connectivity index (χ3v) is 20.2. The van der Waals surface area contributed by atoms with Crippen LogP contribution in [0.2, 0.25) is 0 Å². The summed E-state index contributed by atoms with van der Waals surface area (Å²) in [4.78, 5) is 72.7. The maximum absolute atomic E-state index is 13.1. The van der Waals surface area contributed by atoms with E-state index < -0.39 is 97.5 Å². The van der Waals surface area contributed by atoms with E-state index in [1.165, 1.54) is 180 Å². The lowest BCUT2D eigenvalue weighted by atomic mass is 9.99. The summed E-state index contributed by atoms with van der Waals surface area (Å²) in [6, 6.07) is 0. The lowest BCUT2D eigenvalue weighted by molar-refractivity contribution is -0.161. The Hall–Kier alpha value is -1.94. The van der Waals surface area contributed by atoms with Crippen LogP contribution < -0.4 is 0 Å². The van der Waals surface area contributed by atoms with Crippen LogP contribution in [0.4, 0.5) is 0 Å². The van der Waals surface area contributed by atoms with Gasteiger partial charge in [0.1, 0.15) is 19.3 Å². The fourth-order valence-electron chi connectivity index (χ4n) is 11.5. The average molecular weight is 1400 g/mol. The Morgan fingerprint density at radius 2 is 0.505 bits per heavy atom. The maximum atomic E-state index is 13.1. The van der Waals surface area contributed by atoms with Crippen LogP contribution in [0.25, 0.3) is 0 Å². The van der Waals surface area contributed by atoms with Crippen molar-refractivity contribution in [3.05, 3.63) is 0 Å². The van der Waals surface area contributed by atoms with Crippen LogP contribution in [0.15, 0.2) is 0 Å². The lowest BCUT2D eigenvalue weighted by Gasteiger charge is -2.21. The molecule has 0 heterocycles. The Bertz CT molecular complexity index is 1870. The van der Waals surface area contributed by atoms with Crippen molar-refractivity contribution in [2.75, 3.05) is 39.6 Å². The first kappa shape index (κ1) is 93.1. The molecule has 0 spiro atoms. The van der Waals surface area contributed by atoms with E-state index in [-0.39, 0.29) is 25.7 Å². The Morgan fingerprint density at radius 3 is 0.747 bits per heavy atom. The molecule has 0 radical (unpaired) electrons. The molecule has 564 valence electrons. The third kappa shape index (κ3) is 67.6. The van der Waals surface area contributed by atoms with E-state index in [1.54, 1.807) is 0 Å². The lowest BCUT2D eigenvalue weighted by Crippen LogP contribution is -2.30. The molecule has 0 aliphatic carbocycles. The highest BCUT2D eigenvalue weighted by Crippen LogP contribution is 2.45. The zero-order valence-electron chi connectivity index (χ0n) is 62.3. The number of aliphatic hydroxyl groups excluding tert-OH is 1. The standard InChI is InChI=1S/C76H148O17P2/c1-9-68(7)54-46-38-29-23-19-17-15-13-11-12-14-16-18-20-25-31-40-48-56-73(78)86-62-71(92-75(80)58-50-42-32-26-22-21-24-30-39-47-55-69(8)10-2)64-90-94(82,83)88-60-70(77)61-89-95(84,85)91-65-72(63-87-74(79)57-49-41-35-34-37-45-53-67(5)6)93-76(81)59-51-43-33-27-28-36-44-52-66(3)4/h66-72,77H,9-65H2,1-8H3,(H,82,83)(H,84,85)/t68?,69?,70-,71-,72-/m1/s1. The molecule has 0 bridgehead atoms. The predicted molar refractivity (Wildman–Crippen MR) is 386 cm³/mol. The second-order valence-corrected chi connectivity index (χ2v) is 31.7. The van der Waals surface area contributed by atoms with Crippen molar-refractivity contribution in [2.45, 2.75) is 401 Å². The first-order chi connectivity index (χ1) is 45.7. The Labute approximate surface area is 581 Å². The molecule has 0 saturated carbocycles. The number of carbonyl (C=O) groups is 4. The summed E-state index contributed by atoms with van der Waals surface area (Å²) >= 11 is 0. The summed E-state index contributed by atoms with van der Waals surface area (Å²) in [6.45, 7) is 14.1. The summed E-state index contributed by atoms with van der Waals surface area (Å²) in [5.41, 5.74) is 0. The van der Waals surface area contributed by atoms with Crippen LogP contribution in [0.3, 0.4) is 0 Å². The highest BCUT2D eigenvalue weighted by molar-refractivity contribution is 7.47. The van der Waals surface area contributed by atoms with E-state index >= 15 is 0 Å². The monoisotopic (exact) mass is 1400 g/mol. The van der Waals surface area contributed by atoms with Gasteiger partial charge in [0.05, 0.1) is 26.4 Å². The van der Waals surface area contributed by atoms with Gasteiger partial charge in [0.2, 0.25) is 0 Å². The highest BCUT2D eigenvalue weighted by Gasteiger charge is 2.30. The van der Waals surface area contributed by atoms with Gasteiger partial charge in [0, 0.05) is 25.7 Å². The fraction of sp³-hybridized carbons (Fsp3) is 0.947. The third-order valence-electron chi connectivity index (χ3n) is 18.3. The van der Waals surface area contributed by atoms with Crippen LogP contribution >= 0.6 is 15.6 Å². The Kier molecular flexibility index (Phi) is 64.0. The largest absolute Gasteiger partial charge is 0.472 e. The van der Waals surface area contributed by atoms with Gasteiger partial charge in [-0.3, -0.25) is 37.3 Å². The molecule has 0 aliphatic heterocycles. The molecule has 17 nitrogen and oxygen atoms in total. The molecule has 7 atom stereocenters. The van der Waals surface area contributed by atoms with Gasteiger partial charge in [-0.1, -0.05) is 331 Å². The predicted octanol–water partition coefficient (Wildman–Crippen LogP) is 22.0. The summed E-state index contributed by atoms with van der Waals surface area (Å²) in [5.74, 6) is 0.925. The first-order valence-corrected chi connectivity index (χ1v) is 42.3. The molecule has 0 aromatic heterocycles. The minimum absolute atomic E-state index is 0.102. The van der Waals surface area contributed by atoms with Crippen LogP contribution in [-0.4, -0.2) is 96.7 Å². The van der Waals surface area contributed by atoms with Crippen LogP contribution in [0.5, 0.6) is 0 Å². The summed E-state index contributed by atoms with van der Waals surface area (Å²) in [7, 11) is -9.91. The molecule has 0 aromatic rings. The van der Waals surface area contributed by atoms with E-state index in [1.807, 2.05) is 0 Å². The number of phosphoric acid groups is 2. The molecular weight excluding hydrogens is 1250 g/mol. The van der Waals surface area contributed by atoms with Gasteiger partial charge >= 0.3 is 39.5 Å². The van der Waals surface area contributed by atoms with Gasteiger partial charge in [-0.15, -0.1) is 0 Å². The highest BCUT2D eigenvalue weighted by atomic mass is 31.2. The number of esters is 4. The fourth-order valence-corrected chi connectivity index (χ4v) is 13.1. The zero-order valence-corrected chi connectivity index (χ0v) is 64.1. The average Bonchev–Trinajstić information content (AvgIpc) is 2.44. The van der Waals surface area contributed by atoms with Crippen LogP contribution in [0.1, 0.15) is 383 Å². The molecule has 3 N–H and O–H groups in total.